The molecule has 2 nitrogen and oxygen atoms in total. The average molecular weight is 216 g/mol. The van der Waals surface area contributed by atoms with Crippen molar-refractivity contribution in [2.75, 3.05) is 25.1 Å². The van der Waals surface area contributed by atoms with Crippen molar-refractivity contribution >= 4 is 11.8 Å². The highest BCUT2D eigenvalue weighted by molar-refractivity contribution is 7.98. The summed E-state index contributed by atoms with van der Waals surface area (Å²) in [6.07, 6.45) is 9.09. The zero-order valence-corrected chi connectivity index (χ0v) is 10.1. The zero-order chi connectivity index (χ0) is 10.2. The maximum atomic E-state index is 5.71. The summed E-state index contributed by atoms with van der Waals surface area (Å²) in [6, 6.07) is 0.544. The summed E-state index contributed by atoms with van der Waals surface area (Å²) in [5.74, 6) is 2.24. The van der Waals surface area contributed by atoms with Crippen LogP contribution in [-0.4, -0.2) is 31.1 Å². The molecule has 0 radical (unpaired) electrons. The molecular formula is C11H24N2S. The van der Waals surface area contributed by atoms with Crippen molar-refractivity contribution in [3.8, 4) is 0 Å². The molecule has 1 aliphatic rings. The van der Waals surface area contributed by atoms with Gasteiger partial charge in [0.1, 0.15) is 0 Å². The van der Waals surface area contributed by atoms with Gasteiger partial charge < -0.3 is 11.1 Å². The largest absolute Gasteiger partial charge is 0.329 e. The molecule has 1 atom stereocenters. The number of nitrogens with two attached hydrogens (primary N) is 1. The van der Waals surface area contributed by atoms with E-state index in [4.69, 9.17) is 5.73 Å². The van der Waals surface area contributed by atoms with Crippen LogP contribution < -0.4 is 11.1 Å². The van der Waals surface area contributed by atoms with Crippen molar-refractivity contribution in [2.45, 2.75) is 38.1 Å². The third kappa shape index (κ3) is 4.67. The number of hydrogen-bond acceptors (Lipinski definition) is 3. The maximum Gasteiger partial charge on any atom is 0.0198 e. The third-order valence-electron chi connectivity index (χ3n) is 3.17. The van der Waals surface area contributed by atoms with Gasteiger partial charge in [0, 0.05) is 12.6 Å². The van der Waals surface area contributed by atoms with Crippen molar-refractivity contribution in [2.24, 2.45) is 11.7 Å². The fourth-order valence-corrected chi connectivity index (χ4v) is 2.36. The molecule has 0 spiro atoms. The first kappa shape index (κ1) is 12.3. The number of nitrogens with one attached hydrogen (secondary N) is 1. The summed E-state index contributed by atoms with van der Waals surface area (Å²) in [5, 5.41) is 3.57. The highest BCUT2D eigenvalue weighted by Crippen LogP contribution is 2.28. The van der Waals surface area contributed by atoms with Gasteiger partial charge in [-0.3, -0.25) is 0 Å². The molecule has 0 heterocycles. The highest BCUT2D eigenvalue weighted by atomic mass is 32.2. The molecule has 1 fully saturated rings. The summed E-state index contributed by atoms with van der Waals surface area (Å²) < 4.78 is 0. The predicted molar refractivity (Wildman–Crippen MR) is 65.8 cm³/mol. The summed E-state index contributed by atoms with van der Waals surface area (Å²) in [6.45, 7) is 1.95. The first-order valence-corrected chi connectivity index (χ1v) is 7.18. The van der Waals surface area contributed by atoms with Crippen molar-refractivity contribution < 1.29 is 0 Å². The minimum Gasteiger partial charge on any atom is -0.329 e. The molecule has 0 aromatic carbocycles. The van der Waals surface area contributed by atoms with Crippen molar-refractivity contribution in [1.82, 2.24) is 5.32 Å². The molecule has 1 rings (SSSR count). The van der Waals surface area contributed by atoms with Gasteiger partial charge in [-0.2, -0.15) is 11.8 Å². The van der Waals surface area contributed by atoms with Crippen LogP contribution in [0.5, 0.6) is 0 Å². The van der Waals surface area contributed by atoms with E-state index in [2.05, 4.69) is 11.6 Å². The fraction of sp³-hybridized carbons (Fsp3) is 1.00. The molecule has 0 saturated heterocycles. The van der Waals surface area contributed by atoms with Crippen LogP contribution in [0.2, 0.25) is 0 Å². The van der Waals surface area contributed by atoms with Gasteiger partial charge in [-0.1, -0.05) is 19.3 Å². The summed E-state index contributed by atoms with van der Waals surface area (Å²) in [4.78, 5) is 0. The van der Waals surface area contributed by atoms with Crippen LogP contribution in [-0.2, 0) is 0 Å². The Morgan fingerprint density at radius 2 is 2.29 bits per heavy atom. The van der Waals surface area contributed by atoms with Gasteiger partial charge in [0.05, 0.1) is 0 Å². The van der Waals surface area contributed by atoms with Gasteiger partial charge >= 0.3 is 0 Å². The third-order valence-corrected chi connectivity index (χ3v) is 3.81. The molecule has 0 amide bonds. The van der Waals surface area contributed by atoms with Gasteiger partial charge in [0.25, 0.3) is 0 Å². The van der Waals surface area contributed by atoms with Gasteiger partial charge in [-0.25, -0.2) is 0 Å². The Bertz CT molecular complexity index is 137. The molecule has 1 saturated carbocycles. The zero-order valence-electron chi connectivity index (χ0n) is 9.30. The molecule has 0 aliphatic heterocycles. The van der Waals surface area contributed by atoms with E-state index in [1.54, 1.807) is 0 Å². The van der Waals surface area contributed by atoms with Gasteiger partial charge in [-0.15, -0.1) is 0 Å². The molecule has 1 unspecified atom stereocenters. The lowest BCUT2D eigenvalue weighted by atomic mass is 9.83. The van der Waals surface area contributed by atoms with E-state index in [-0.39, 0.29) is 0 Å². The lowest BCUT2D eigenvalue weighted by Crippen LogP contribution is -2.38. The number of hydrogen-bond donors (Lipinski definition) is 2. The SMILES string of the molecule is CSCCC(CN)NCCC1CCC1. The Kier molecular flexibility index (Phi) is 6.65. The second kappa shape index (κ2) is 7.55. The normalized spacial score (nSPS) is 19.3. The van der Waals surface area contributed by atoms with Crippen molar-refractivity contribution in [3.05, 3.63) is 0 Å². The van der Waals surface area contributed by atoms with Crippen LogP contribution in [0, 0.1) is 5.92 Å². The van der Waals surface area contributed by atoms with Crippen LogP contribution in [0.4, 0.5) is 0 Å². The van der Waals surface area contributed by atoms with Crippen LogP contribution in [0.15, 0.2) is 0 Å². The number of rotatable bonds is 8. The Balaban J connectivity index is 1.95. The summed E-state index contributed by atoms with van der Waals surface area (Å²) in [5.41, 5.74) is 5.71. The van der Waals surface area contributed by atoms with Gasteiger partial charge in [0.2, 0.25) is 0 Å². The van der Waals surface area contributed by atoms with Crippen LogP contribution in [0.25, 0.3) is 0 Å². The van der Waals surface area contributed by atoms with E-state index in [1.165, 1.54) is 44.4 Å². The molecule has 84 valence electrons. The van der Waals surface area contributed by atoms with E-state index in [0.29, 0.717) is 6.04 Å². The summed E-state index contributed by atoms with van der Waals surface area (Å²) >= 11 is 1.91. The lowest BCUT2D eigenvalue weighted by molar-refractivity contribution is 0.287. The first-order chi connectivity index (χ1) is 6.86. The second-order valence-electron chi connectivity index (χ2n) is 4.25. The molecule has 3 N–H and O–H groups in total. The lowest BCUT2D eigenvalue weighted by Gasteiger charge is -2.26. The smallest absolute Gasteiger partial charge is 0.0198 e. The first-order valence-electron chi connectivity index (χ1n) is 5.79. The molecule has 0 aromatic heterocycles. The van der Waals surface area contributed by atoms with E-state index < -0.39 is 0 Å². The Hall–Kier alpha value is 0.270. The molecular weight excluding hydrogens is 192 g/mol. The topological polar surface area (TPSA) is 38.0 Å². The van der Waals surface area contributed by atoms with E-state index >= 15 is 0 Å². The minimum atomic E-state index is 0.544. The van der Waals surface area contributed by atoms with Gasteiger partial charge in [0.15, 0.2) is 0 Å². The Morgan fingerprint density at radius 1 is 1.50 bits per heavy atom. The molecule has 3 heteroatoms. The van der Waals surface area contributed by atoms with Crippen molar-refractivity contribution in [3.63, 3.8) is 0 Å². The number of thioether (sulfide) groups is 1. The monoisotopic (exact) mass is 216 g/mol. The van der Waals surface area contributed by atoms with Gasteiger partial charge in [-0.05, 0) is 37.3 Å². The van der Waals surface area contributed by atoms with E-state index in [9.17, 15) is 0 Å². The quantitative estimate of drug-likeness (QED) is 0.650. The Morgan fingerprint density at radius 3 is 2.79 bits per heavy atom. The molecule has 0 bridgehead atoms. The van der Waals surface area contributed by atoms with Crippen LogP contribution in [0.3, 0.4) is 0 Å². The average Bonchev–Trinajstić information content (AvgIpc) is 2.14. The molecule has 1 aliphatic carbocycles. The minimum absolute atomic E-state index is 0.544. The Labute approximate surface area is 92.4 Å². The predicted octanol–water partition coefficient (Wildman–Crippen LogP) is 1.85. The molecule has 0 aromatic rings. The fourth-order valence-electron chi connectivity index (χ4n) is 1.84. The highest BCUT2D eigenvalue weighted by Gasteiger charge is 2.16. The second-order valence-corrected chi connectivity index (χ2v) is 5.24. The summed E-state index contributed by atoms with van der Waals surface area (Å²) in [7, 11) is 0. The van der Waals surface area contributed by atoms with E-state index in [1.807, 2.05) is 11.8 Å². The van der Waals surface area contributed by atoms with Crippen molar-refractivity contribution in [1.29, 1.82) is 0 Å². The molecule has 14 heavy (non-hydrogen) atoms. The standard InChI is InChI=1S/C11H24N2S/c1-14-8-6-11(9-12)13-7-5-10-3-2-4-10/h10-11,13H,2-9,12H2,1H3. The van der Waals surface area contributed by atoms with E-state index in [0.717, 1.165) is 12.5 Å². The van der Waals surface area contributed by atoms with Crippen LogP contribution >= 0.6 is 11.8 Å². The van der Waals surface area contributed by atoms with Crippen LogP contribution in [0.1, 0.15) is 32.1 Å². The maximum absolute atomic E-state index is 5.71.